The smallest absolute Gasteiger partial charge is 0.265 e. The van der Waals surface area contributed by atoms with Crippen LogP contribution in [0.15, 0.2) is 0 Å². The SMILES string of the molecule is CC(=O)N1CCC[N+]2=C1CCC2. The van der Waals surface area contributed by atoms with E-state index in [1.54, 1.807) is 6.92 Å². The molecule has 0 aliphatic carbocycles. The third kappa shape index (κ3) is 1.13. The summed E-state index contributed by atoms with van der Waals surface area (Å²) in [5, 5.41) is 0. The van der Waals surface area contributed by atoms with Crippen LogP contribution in [0.4, 0.5) is 0 Å². The van der Waals surface area contributed by atoms with Crippen molar-refractivity contribution in [3.05, 3.63) is 0 Å². The lowest BCUT2D eigenvalue weighted by atomic mass is 10.2. The molecule has 1 amide bonds. The van der Waals surface area contributed by atoms with Crippen LogP contribution in [0.1, 0.15) is 26.2 Å². The molecule has 3 heteroatoms. The van der Waals surface area contributed by atoms with Crippen molar-refractivity contribution < 1.29 is 9.37 Å². The Morgan fingerprint density at radius 1 is 1.42 bits per heavy atom. The van der Waals surface area contributed by atoms with Gasteiger partial charge in [-0.15, -0.1) is 0 Å². The van der Waals surface area contributed by atoms with Crippen molar-refractivity contribution in [3.8, 4) is 0 Å². The summed E-state index contributed by atoms with van der Waals surface area (Å²) >= 11 is 0. The molecule has 2 aliphatic rings. The number of carbonyl (C=O) groups excluding carboxylic acids is 1. The van der Waals surface area contributed by atoms with Gasteiger partial charge < -0.3 is 0 Å². The fourth-order valence-corrected chi connectivity index (χ4v) is 2.15. The van der Waals surface area contributed by atoms with Crippen LogP contribution < -0.4 is 0 Å². The first-order chi connectivity index (χ1) is 5.79. The summed E-state index contributed by atoms with van der Waals surface area (Å²) in [6.07, 6.45) is 3.45. The second kappa shape index (κ2) is 2.88. The summed E-state index contributed by atoms with van der Waals surface area (Å²) in [5.74, 6) is 1.48. The number of rotatable bonds is 0. The minimum Gasteiger partial charge on any atom is -0.265 e. The summed E-state index contributed by atoms with van der Waals surface area (Å²) in [6.45, 7) is 4.90. The van der Waals surface area contributed by atoms with E-state index in [1.807, 2.05) is 4.90 Å². The molecule has 3 nitrogen and oxygen atoms in total. The molecule has 0 radical (unpaired) electrons. The van der Waals surface area contributed by atoms with E-state index in [1.165, 1.54) is 12.3 Å². The van der Waals surface area contributed by atoms with Crippen LogP contribution in [0.2, 0.25) is 0 Å². The van der Waals surface area contributed by atoms with Crippen LogP contribution in [0, 0.1) is 0 Å². The zero-order valence-corrected chi connectivity index (χ0v) is 7.55. The van der Waals surface area contributed by atoms with Crippen LogP contribution in [-0.2, 0) is 4.79 Å². The first kappa shape index (κ1) is 7.77. The fraction of sp³-hybridized carbons (Fsp3) is 0.778. The highest BCUT2D eigenvalue weighted by Crippen LogP contribution is 2.14. The molecule has 0 aromatic heterocycles. The molecule has 2 rings (SSSR count). The van der Waals surface area contributed by atoms with Crippen molar-refractivity contribution in [1.29, 1.82) is 0 Å². The molecule has 66 valence electrons. The molecule has 0 atom stereocenters. The molecule has 0 unspecified atom stereocenters. The predicted octanol–water partition coefficient (Wildman–Crippen LogP) is 0.443. The van der Waals surface area contributed by atoms with Crippen LogP contribution in [-0.4, -0.2) is 40.9 Å². The monoisotopic (exact) mass is 167 g/mol. The number of carbonyl (C=O) groups is 1. The molecule has 0 aromatic carbocycles. The van der Waals surface area contributed by atoms with Gasteiger partial charge in [0.2, 0.25) is 0 Å². The van der Waals surface area contributed by atoms with Gasteiger partial charge >= 0.3 is 5.91 Å². The Labute approximate surface area is 72.7 Å². The number of hydrogen-bond acceptors (Lipinski definition) is 1. The first-order valence-corrected chi connectivity index (χ1v) is 4.68. The predicted molar refractivity (Wildman–Crippen MR) is 46.2 cm³/mol. The second-order valence-corrected chi connectivity index (χ2v) is 3.53. The standard InChI is InChI=1S/C9H15N2O/c1-8(12)11-7-3-6-10-5-2-4-9(10)11/h2-7H2,1H3/q+1. The maximum atomic E-state index is 11.2. The molecule has 2 heterocycles. The molecule has 2 aliphatic heterocycles. The normalized spacial score (nSPS) is 22.9. The molecule has 0 saturated carbocycles. The van der Waals surface area contributed by atoms with E-state index in [0.29, 0.717) is 0 Å². The van der Waals surface area contributed by atoms with Gasteiger partial charge in [0, 0.05) is 13.3 Å². The van der Waals surface area contributed by atoms with Gasteiger partial charge in [0.1, 0.15) is 0 Å². The molecular formula is C9H15N2O+. The van der Waals surface area contributed by atoms with Crippen LogP contribution >= 0.6 is 0 Å². The summed E-state index contributed by atoms with van der Waals surface area (Å²) in [7, 11) is 0. The highest BCUT2D eigenvalue weighted by Gasteiger charge is 2.33. The molecular weight excluding hydrogens is 152 g/mol. The highest BCUT2D eigenvalue weighted by atomic mass is 16.2. The molecule has 0 aromatic rings. The van der Waals surface area contributed by atoms with Crippen molar-refractivity contribution in [1.82, 2.24) is 4.90 Å². The van der Waals surface area contributed by atoms with Gasteiger partial charge in [-0.05, 0) is 6.42 Å². The Balaban J connectivity index is 2.24. The second-order valence-electron chi connectivity index (χ2n) is 3.53. The van der Waals surface area contributed by atoms with Crippen molar-refractivity contribution in [2.75, 3.05) is 19.6 Å². The molecule has 0 spiro atoms. The maximum Gasteiger partial charge on any atom is 0.306 e. The molecule has 0 N–H and O–H groups in total. The number of hydrogen-bond donors (Lipinski definition) is 0. The van der Waals surface area contributed by atoms with Crippen LogP contribution in [0.5, 0.6) is 0 Å². The van der Waals surface area contributed by atoms with E-state index < -0.39 is 0 Å². The Hall–Kier alpha value is -0.860. The summed E-state index contributed by atoms with van der Waals surface area (Å²) < 4.78 is 2.35. The Kier molecular flexibility index (Phi) is 1.87. The minimum absolute atomic E-state index is 0.205. The average molecular weight is 167 g/mol. The lowest BCUT2D eigenvalue weighted by molar-refractivity contribution is -0.529. The first-order valence-electron chi connectivity index (χ1n) is 4.68. The van der Waals surface area contributed by atoms with Crippen molar-refractivity contribution in [2.45, 2.75) is 26.2 Å². The van der Waals surface area contributed by atoms with Gasteiger partial charge in [0.25, 0.3) is 5.84 Å². The summed E-state index contributed by atoms with van der Waals surface area (Å²) in [5.41, 5.74) is 0. The highest BCUT2D eigenvalue weighted by molar-refractivity contribution is 5.95. The fourth-order valence-electron chi connectivity index (χ4n) is 2.15. The molecule has 0 fully saturated rings. The Bertz CT molecular complexity index is 245. The minimum atomic E-state index is 0.205. The third-order valence-electron chi connectivity index (χ3n) is 2.69. The van der Waals surface area contributed by atoms with Crippen LogP contribution in [0.25, 0.3) is 0 Å². The van der Waals surface area contributed by atoms with Gasteiger partial charge in [-0.3, -0.25) is 4.58 Å². The van der Waals surface area contributed by atoms with E-state index in [-0.39, 0.29) is 5.91 Å². The zero-order chi connectivity index (χ0) is 8.55. The maximum absolute atomic E-state index is 11.2. The number of amidine groups is 1. The van der Waals surface area contributed by atoms with Crippen molar-refractivity contribution in [3.63, 3.8) is 0 Å². The van der Waals surface area contributed by atoms with Crippen molar-refractivity contribution >= 4 is 11.7 Å². The molecule has 0 bridgehead atoms. The van der Waals surface area contributed by atoms with Gasteiger partial charge in [0.05, 0.1) is 26.1 Å². The van der Waals surface area contributed by atoms with E-state index in [2.05, 4.69) is 4.58 Å². The Morgan fingerprint density at radius 2 is 2.17 bits per heavy atom. The van der Waals surface area contributed by atoms with Gasteiger partial charge in [-0.2, -0.15) is 0 Å². The third-order valence-corrected chi connectivity index (χ3v) is 2.69. The lowest BCUT2D eigenvalue weighted by Gasteiger charge is -2.20. The molecule has 12 heavy (non-hydrogen) atoms. The van der Waals surface area contributed by atoms with E-state index >= 15 is 0 Å². The topological polar surface area (TPSA) is 23.3 Å². The lowest BCUT2D eigenvalue weighted by Crippen LogP contribution is -2.43. The number of amides is 1. The quantitative estimate of drug-likeness (QED) is 0.480. The number of nitrogens with zero attached hydrogens (tertiary/aromatic N) is 2. The summed E-state index contributed by atoms with van der Waals surface area (Å²) in [6, 6.07) is 0. The molecule has 0 saturated heterocycles. The largest absolute Gasteiger partial charge is 0.306 e. The van der Waals surface area contributed by atoms with Crippen molar-refractivity contribution in [2.24, 2.45) is 0 Å². The van der Waals surface area contributed by atoms with E-state index in [9.17, 15) is 4.79 Å². The van der Waals surface area contributed by atoms with Gasteiger partial charge in [-0.1, -0.05) is 0 Å². The van der Waals surface area contributed by atoms with Gasteiger partial charge in [0.15, 0.2) is 0 Å². The summed E-state index contributed by atoms with van der Waals surface area (Å²) in [4.78, 5) is 13.2. The van der Waals surface area contributed by atoms with E-state index in [0.717, 1.165) is 32.5 Å². The Morgan fingerprint density at radius 3 is 2.92 bits per heavy atom. The van der Waals surface area contributed by atoms with E-state index in [4.69, 9.17) is 0 Å². The average Bonchev–Trinajstić information content (AvgIpc) is 2.49. The zero-order valence-electron chi connectivity index (χ0n) is 7.55. The van der Waals surface area contributed by atoms with Gasteiger partial charge in [-0.25, -0.2) is 9.69 Å². The van der Waals surface area contributed by atoms with Crippen LogP contribution in [0.3, 0.4) is 0 Å².